The van der Waals surface area contributed by atoms with Crippen LogP contribution in [0.25, 0.3) is 21.8 Å². The highest BCUT2D eigenvalue weighted by Crippen LogP contribution is 2.23. The Hall–Kier alpha value is -3.88. The third kappa shape index (κ3) is 3.25. The lowest BCUT2D eigenvalue weighted by atomic mass is 10.1. The van der Waals surface area contributed by atoms with E-state index in [1.54, 1.807) is 0 Å². The molecule has 2 nitrogen and oxygen atoms in total. The molecule has 0 fully saturated rings. The summed E-state index contributed by atoms with van der Waals surface area (Å²) in [6.07, 6.45) is 20.1. The molecule has 28 heavy (non-hydrogen) atoms. The van der Waals surface area contributed by atoms with E-state index in [1.807, 2.05) is 36.7 Å². The van der Waals surface area contributed by atoms with E-state index < -0.39 is 0 Å². The van der Waals surface area contributed by atoms with Gasteiger partial charge in [-0.2, -0.15) is 0 Å². The molecule has 0 aliphatic heterocycles. The molecule has 2 aliphatic carbocycles. The highest BCUT2D eigenvalue weighted by Gasteiger charge is 2.05. The molecule has 2 heterocycles. The summed E-state index contributed by atoms with van der Waals surface area (Å²) < 4.78 is 0. The van der Waals surface area contributed by atoms with Crippen LogP contribution in [0.2, 0.25) is 0 Å². The molecular formula is C26H16N2. The number of pyridine rings is 2. The van der Waals surface area contributed by atoms with Crippen LogP contribution in [0.15, 0.2) is 85.3 Å². The Bertz CT molecular complexity index is 1200. The third-order valence-corrected chi connectivity index (χ3v) is 4.76. The molecule has 0 atom stereocenters. The predicted molar refractivity (Wildman–Crippen MR) is 114 cm³/mol. The fourth-order valence-corrected chi connectivity index (χ4v) is 3.32. The van der Waals surface area contributed by atoms with Crippen molar-refractivity contribution >= 4 is 21.8 Å². The van der Waals surface area contributed by atoms with Crippen LogP contribution in [0.3, 0.4) is 0 Å². The molecule has 0 spiro atoms. The summed E-state index contributed by atoms with van der Waals surface area (Å²) in [5.41, 5.74) is 3.62. The fraction of sp³-hybridized carbons (Fsp3) is 0.0769. The van der Waals surface area contributed by atoms with E-state index in [9.17, 15) is 0 Å². The first-order valence-electron chi connectivity index (χ1n) is 9.27. The number of nitrogens with zero attached hydrogens (tertiary/aromatic N) is 2. The summed E-state index contributed by atoms with van der Waals surface area (Å²) in [5, 5.41) is 2.09. The average molecular weight is 356 g/mol. The van der Waals surface area contributed by atoms with Crippen molar-refractivity contribution in [1.29, 1.82) is 0 Å². The van der Waals surface area contributed by atoms with Crippen molar-refractivity contribution in [3.8, 4) is 23.7 Å². The molecular weight excluding hydrogens is 340 g/mol. The number of hydrogen-bond acceptors (Lipinski definition) is 2. The maximum atomic E-state index is 4.64. The maximum absolute atomic E-state index is 4.64. The lowest BCUT2D eigenvalue weighted by Gasteiger charge is -2.03. The van der Waals surface area contributed by atoms with Gasteiger partial charge in [-0.3, -0.25) is 9.97 Å². The summed E-state index contributed by atoms with van der Waals surface area (Å²) in [4.78, 5) is 9.28. The van der Waals surface area contributed by atoms with Gasteiger partial charge in [0.25, 0.3) is 0 Å². The van der Waals surface area contributed by atoms with Crippen LogP contribution in [0.1, 0.15) is 11.1 Å². The molecule has 0 unspecified atom stereocenters. The van der Waals surface area contributed by atoms with Crippen molar-refractivity contribution < 1.29 is 0 Å². The van der Waals surface area contributed by atoms with E-state index in [-0.39, 0.29) is 11.8 Å². The molecule has 3 aromatic rings. The number of allylic oxidation sites excluding steroid dienone is 8. The second-order valence-electron chi connectivity index (χ2n) is 6.79. The van der Waals surface area contributed by atoms with Crippen LogP contribution in [-0.4, -0.2) is 9.97 Å². The number of hydrogen-bond donors (Lipinski definition) is 0. The van der Waals surface area contributed by atoms with Crippen LogP contribution >= 0.6 is 0 Å². The molecule has 0 N–H and O–H groups in total. The zero-order valence-electron chi connectivity index (χ0n) is 15.1. The first kappa shape index (κ1) is 16.3. The number of rotatable bonds is 0. The van der Waals surface area contributed by atoms with E-state index >= 15 is 0 Å². The van der Waals surface area contributed by atoms with Gasteiger partial charge in [0.2, 0.25) is 0 Å². The summed E-state index contributed by atoms with van der Waals surface area (Å²) in [7, 11) is 0. The summed E-state index contributed by atoms with van der Waals surface area (Å²) in [5.74, 6) is 13.3. The van der Waals surface area contributed by atoms with Crippen LogP contribution in [0.4, 0.5) is 0 Å². The minimum absolute atomic E-state index is 0.198. The fourth-order valence-electron chi connectivity index (χ4n) is 3.32. The summed E-state index contributed by atoms with van der Waals surface area (Å²) in [6, 6.07) is 8.30. The largest absolute Gasteiger partial charge is 0.253 e. The highest BCUT2D eigenvalue weighted by atomic mass is 14.7. The van der Waals surface area contributed by atoms with Gasteiger partial charge in [0.05, 0.1) is 22.9 Å². The SMILES string of the molecule is C(#CC1C=CC=C1)c1cnc2c(ccc3cc(C#CC4C=CC=C4)cnc32)c1. The van der Waals surface area contributed by atoms with Gasteiger partial charge in [-0.05, 0) is 12.1 Å². The normalized spacial score (nSPS) is 15.1. The molecule has 0 amide bonds. The average Bonchev–Trinajstić information content (AvgIpc) is 3.44. The van der Waals surface area contributed by atoms with E-state index in [0.717, 1.165) is 32.9 Å². The quantitative estimate of drug-likeness (QED) is 0.420. The van der Waals surface area contributed by atoms with Gasteiger partial charge in [-0.1, -0.05) is 84.4 Å². The maximum Gasteiger partial charge on any atom is 0.0965 e. The monoisotopic (exact) mass is 356 g/mol. The Kier molecular flexibility index (Phi) is 4.09. The molecule has 5 rings (SSSR count). The minimum atomic E-state index is 0.198. The van der Waals surface area contributed by atoms with E-state index in [4.69, 9.17) is 0 Å². The topological polar surface area (TPSA) is 25.8 Å². The number of aromatic nitrogens is 2. The molecule has 2 heteroatoms. The molecule has 2 aliphatic rings. The van der Waals surface area contributed by atoms with Crippen molar-refractivity contribution in [2.75, 3.05) is 0 Å². The second-order valence-corrected chi connectivity index (χ2v) is 6.79. The van der Waals surface area contributed by atoms with Gasteiger partial charge in [-0.25, -0.2) is 0 Å². The molecule has 0 bridgehead atoms. The Labute approximate surface area is 164 Å². The minimum Gasteiger partial charge on any atom is -0.253 e. The van der Waals surface area contributed by atoms with E-state index in [0.29, 0.717) is 0 Å². The Morgan fingerprint density at radius 3 is 1.46 bits per heavy atom. The van der Waals surface area contributed by atoms with Gasteiger partial charge < -0.3 is 0 Å². The van der Waals surface area contributed by atoms with Gasteiger partial charge in [0, 0.05) is 34.3 Å². The van der Waals surface area contributed by atoms with Crippen molar-refractivity contribution in [1.82, 2.24) is 9.97 Å². The summed E-state index contributed by atoms with van der Waals surface area (Å²) in [6.45, 7) is 0. The standard InChI is InChI=1S/C26H16N2/c1-2-6-19(5-1)9-11-21-15-23-13-14-24-16-22(12-10-20-7-3-4-8-20)18-28-26(24)25(23)27-17-21/h1-8,13-20H. The van der Waals surface area contributed by atoms with Crippen molar-refractivity contribution in [3.05, 3.63) is 96.4 Å². The third-order valence-electron chi connectivity index (χ3n) is 4.76. The smallest absolute Gasteiger partial charge is 0.0965 e. The van der Waals surface area contributed by atoms with Crippen molar-refractivity contribution in [3.63, 3.8) is 0 Å². The number of benzene rings is 1. The van der Waals surface area contributed by atoms with E-state index in [2.05, 4.69) is 82.2 Å². The molecule has 0 radical (unpaired) electrons. The van der Waals surface area contributed by atoms with E-state index in [1.165, 1.54) is 0 Å². The first-order valence-corrected chi connectivity index (χ1v) is 9.27. The van der Waals surface area contributed by atoms with Crippen LogP contribution < -0.4 is 0 Å². The van der Waals surface area contributed by atoms with Crippen LogP contribution in [0, 0.1) is 35.5 Å². The molecule has 2 aromatic heterocycles. The highest BCUT2D eigenvalue weighted by molar-refractivity contribution is 6.03. The zero-order chi connectivity index (χ0) is 18.8. The predicted octanol–water partition coefficient (Wildman–Crippen LogP) is 4.97. The Balaban J connectivity index is 1.49. The first-order chi connectivity index (χ1) is 13.8. The van der Waals surface area contributed by atoms with Gasteiger partial charge in [-0.15, -0.1) is 0 Å². The van der Waals surface area contributed by atoms with Gasteiger partial charge in [0.1, 0.15) is 0 Å². The molecule has 0 saturated carbocycles. The Morgan fingerprint density at radius 1 is 0.607 bits per heavy atom. The molecule has 1 aromatic carbocycles. The lowest BCUT2D eigenvalue weighted by Crippen LogP contribution is -1.89. The van der Waals surface area contributed by atoms with Gasteiger partial charge >= 0.3 is 0 Å². The molecule has 130 valence electrons. The van der Waals surface area contributed by atoms with Crippen LogP contribution in [-0.2, 0) is 0 Å². The van der Waals surface area contributed by atoms with Gasteiger partial charge in [0.15, 0.2) is 0 Å². The Morgan fingerprint density at radius 2 is 1.04 bits per heavy atom. The number of fused-ring (bicyclic) bond motifs is 3. The van der Waals surface area contributed by atoms with Crippen molar-refractivity contribution in [2.24, 2.45) is 11.8 Å². The zero-order valence-corrected chi connectivity index (χ0v) is 15.1. The summed E-state index contributed by atoms with van der Waals surface area (Å²) >= 11 is 0. The second kappa shape index (κ2) is 7.03. The van der Waals surface area contributed by atoms with Crippen molar-refractivity contribution in [2.45, 2.75) is 0 Å². The molecule has 0 saturated heterocycles. The van der Waals surface area contributed by atoms with Crippen LogP contribution in [0.5, 0.6) is 0 Å². The lowest BCUT2D eigenvalue weighted by molar-refractivity contribution is 1.15.